The van der Waals surface area contributed by atoms with E-state index < -0.39 is 17.5 Å². The summed E-state index contributed by atoms with van der Waals surface area (Å²) in [6, 6.07) is 12.0. The molecule has 6 aromatic rings. The zero-order valence-electron chi connectivity index (χ0n) is 16.8. The van der Waals surface area contributed by atoms with Gasteiger partial charge in [-0.15, -0.1) is 0 Å². The van der Waals surface area contributed by atoms with Crippen molar-refractivity contribution in [3.8, 4) is 22.5 Å². The molecular weight excluding hydrogens is 429 g/mol. The topological polar surface area (TPSA) is 74.4 Å². The van der Waals surface area contributed by atoms with Crippen LogP contribution in [0.2, 0.25) is 0 Å². The lowest BCUT2D eigenvalue weighted by Crippen LogP contribution is -2.05. The molecule has 0 bridgehead atoms. The highest BCUT2D eigenvalue weighted by Gasteiger charge is 2.20. The van der Waals surface area contributed by atoms with Crippen molar-refractivity contribution in [2.24, 2.45) is 0 Å². The molecule has 0 aliphatic carbocycles. The van der Waals surface area contributed by atoms with Gasteiger partial charge in [-0.3, -0.25) is 9.78 Å². The highest BCUT2D eigenvalue weighted by Crippen LogP contribution is 2.36. The number of hydrogen-bond donors (Lipinski definition) is 2. The average Bonchev–Trinajstić information content (AvgIpc) is 3.24. The predicted molar refractivity (Wildman–Crippen MR) is 120 cm³/mol. The van der Waals surface area contributed by atoms with Crippen LogP contribution in [0.25, 0.3) is 55.1 Å². The van der Waals surface area contributed by atoms with Crippen LogP contribution in [0.1, 0.15) is 0 Å². The first-order valence-electron chi connectivity index (χ1n) is 10.0. The van der Waals surface area contributed by atoms with E-state index in [1.807, 2.05) is 0 Å². The van der Waals surface area contributed by atoms with Gasteiger partial charge in [-0.2, -0.15) is 0 Å². The molecule has 3 heterocycles. The molecule has 6 rings (SSSR count). The van der Waals surface area contributed by atoms with Gasteiger partial charge in [0.05, 0.1) is 28.2 Å². The molecule has 0 atom stereocenters. The van der Waals surface area contributed by atoms with Gasteiger partial charge < -0.3 is 9.97 Å². The zero-order valence-corrected chi connectivity index (χ0v) is 16.8. The minimum Gasteiger partial charge on any atom is -0.337 e. The summed E-state index contributed by atoms with van der Waals surface area (Å²) in [5.74, 6) is -1.95. The summed E-state index contributed by atoms with van der Waals surface area (Å²) in [7, 11) is 0. The Morgan fingerprint density at radius 2 is 1.64 bits per heavy atom. The Bertz CT molecular complexity index is 1770. The summed E-state index contributed by atoms with van der Waals surface area (Å²) in [6.45, 7) is 0. The molecule has 2 N–H and O–H groups in total. The van der Waals surface area contributed by atoms with E-state index in [-0.39, 0.29) is 16.9 Å². The van der Waals surface area contributed by atoms with Crippen LogP contribution >= 0.6 is 0 Å². The molecule has 0 amide bonds. The van der Waals surface area contributed by atoms with Crippen LogP contribution in [0.5, 0.6) is 0 Å². The molecule has 0 unspecified atom stereocenters. The predicted octanol–water partition coefficient (Wildman–Crippen LogP) is 5.70. The van der Waals surface area contributed by atoms with Gasteiger partial charge >= 0.3 is 0 Å². The molecule has 0 spiro atoms. The first-order chi connectivity index (χ1) is 16.0. The van der Waals surface area contributed by atoms with Gasteiger partial charge in [0, 0.05) is 28.7 Å². The van der Waals surface area contributed by atoms with E-state index in [4.69, 9.17) is 0 Å². The summed E-state index contributed by atoms with van der Waals surface area (Å²) in [5.41, 5.74) is 1.55. The van der Waals surface area contributed by atoms with Crippen molar-refractivity contribution in [3.63, 3.8) is 0 Å². The van der Waals surface area contributed by atoms with Crippen LogP contribution in [-0.4, -0.2) is 19.9 Å². The van der Waals surface area contributed by atoms with Gasteiger partial charge in [0.25, 0.3) is 5.56 Å². The Kier molecular flexibility index (Phi) is 4.10. The van der Waals surface area contributed by atoms with Crippen molar-refractivity contribution in [1.29, 1.82) is 0 Å². The number of imidazole rings is 1. The number of aromatic nitrogens is 4. The standard InChI is InChI=1S/C25H13F3N4O/c26-14-8-13(10-29-11-14)12-4-5-15-17(9-12)20-16(6-7-30-25(20)33)23-22(15)31-24(32-23)21-18(27)2-1-3-19(21)28/h1-11H,(H,30,33)(H,31,32). The second kappa shape index (κ2) is 7.03. The fourth-order valence-corrected chi connectivity index (χ4v) is 4.27. The lowest BCUT2D eigenvalue weighted by atomic mass is 9.97. The lowest BCUT2D eigenvalue weighted by molar-refractivity contribution is 0.588. The third-order valence-electron chi connectivity index (χ3n) is 5.72. The molecule has 0 saturated heterocycles. The number of H-pyrrole nitrogens is 2. The number of fused-ring (bicyclic) bond motifs is 6. The fourth-order valence-electron chi connectivity index (χ4n) is 4.27. The second-order valence-corrected chi connectivity index (χ2v) is 7.65. The van der Waals surface area contributed by atoms with Crippen LogP contribution in [0.4, 0.5) is 13.2 Å². The number of benzene rings is 3. The first kappa shape index (κ1) is 19.2. The van der Waals surface area contributed by atoms with Crippen LogP contribution in [-0.2, 0) is 0 Å². The van der Waals surface area contributed by atoms with Crippen LogP contribution < -0.4 is 5.56 Å². The molecule has 3 aromatic carbocycles. The van der Waals surface area contributed by atoms with Gasteiger partial charge in [0.15, 0.2) is 0 Å². The van der Waals surface area contributed by atoms with Crippen molar-refractivity contribution in [2.75, 3.05) is 0 Å². The third kappa shape index (κ3) is 2.91. The average molecular weight is 442 g/mol. The van der Waals surface area contributed by atoms with E-state index in [0.717, 1.165) is 18.3 Å². The lowest BCUT2D eigenvalue weighted by Gasteiger charge is -2.08. The Labute approximate surface area is 183 Å². The summed E-state index contributed by atoms with van der Waals surface area (Å²) < 4.78 is 42.6. The molecule has 0 aliphatic rings. The number of hydrogen-bond acceptors (Lipinski definition) is 3. The number of nitrogens with zero attached hydrogens (tertiary/aromatic N) is 2. The molecule has 0 fully saturated rings. The van der Waals surface area contributed by atoms with E-state index in [9.17, 15) is 18.0 Å². The SMILES string of the molecule is O=c1[nH]ccc2c3nc(-c4c(F)cccc4F)[nH]c3c3ccc(-c4cncc(F)c4)cc3c12. The highest BCUT2D eigenvalue weighted by molar-refractivity contribution is 6.23. The summed E-state index contributed by atoms with van der Waals surface area (Å²) >= 11 is 0. The van der Waals surface area contributed by atoms with Crippen LogP contribution in [0.3, 0.4) is 0 Å². The Morgan fingerprint density at radius 1 is 0.818 bits per heavy atom. The van der Waals surface area contributed by atoms with Crippen LogP contribution in [0.15, 0.2) is 71.9 Å². The normalized spacial score (nSPS) is 11.6. The minimum absolute atomic E-state index is 0.0214. The molecule has 3 aromatic heterocycles. The first-order valence-corrected chi connectivity index (χ1v) is 10.0. The molecule has 5 nitrogen and oxygen atoms in total. The molecule has 0 radical (unpaired) electrons. The maximum absolute atomic E-state index is 14.4. The van der Waals surface area contributed by atoms with Crippen molar-refractivity contribution in [1.82, 2.24) is 19.9 Å². The van der Waals surface area contributed by atoms with Crippen molar-refractivity contribution >= 4 is 32.6 Å². The van der Waals surface area contributed by atoms with Crippen molar-refractivity contribution < 1.29 is 13.2 Å². The summed E-state index contributed by atoms with van der Waals surface area (Å²) in [6.07, 6.45) is 4.14. The molecule has 160 valence electrons. The quantitative estimate of drug-likeness (QED) is 0.338. The fraction of sp³-hybridized carbons (Fsp3) is 0. The summed E-state index contributed by atoms with van der Waals surface area (Å²) in [5, 5.41) is 2.12. The van der Waals surface area contributed by atoms with E-state index in [1.54, 1.807) is 24.3 Å². The highest BCUT2D eigenvalue weighted by atomic mass is 19.1. The zero-order chi connectivity index (χ0) is 22.7. The minimum atomic E-state index is -0.749. The Hall–Kier alpha value is -4.46. The molecular formula is C25H13F3N4O. The molecule has 33 heavy (non-hydrogen) atoms. The summed E-state index contributed by atoms with van der Waals surface area (Å²) in [4.78, 5) is 26.9. The van der Waals surface area contributed by atoms with Crippen molar-refractivity contribution in [2.45, 2.75) is 0 Å². The maximum Gasteiger partial charge on any atom is 0.256 e. The number of pyridine rings is 2. The van der Waals surface area contributed by atoms with Gasteiger partial charge in [-0.25, -0.2) is 18.2 Å². The second-order valence-electron chi connectivity index (χ2n) is 7.65. The van der Waals surface area contributed by atoms with Gasteiger partial charge in [0.2, 0.25) is 0 Å². The number of aromatic amines is 2. The number of rotatable bonds is 2. The van der Waals surface area contributed by atoms with Crippen molar-refractivity contribution in [3.05, 3.63) is 94.9 Å². The smallest absolute Gasteiger partial charge is 0.256 e. The molecule has 0 saturated carbocycles. The van der Waals surface area contributed by atoms with Crippen LogP contribution in [0, 0.1) is 17.5 Å². The van der Waals surface area contributed by atoms with Gasteiger partial charge in [-0.1, -0.05) is 18.2 Å². The number of nitrogens with one attached hydrogen (secondary N) is 2. The van der Waals surface area contributed by atoms with Gasteiger partial charge in [0.1, 0.15) is 23.3 Å². The van der Waals surface area contributed by atoms with E-state index in [1.165, 1.54) is 24.5 Å². The monoisotopic (exact) mass is 442 g/mol. The Morgan fingerprint density at radius 3 is 2.42 bits per heavy atom. The van der Waals surface area contributed by atoms with Gasteiger partial charge in [-0.05, 0) is 41.3 Å². The van der Waals surface area contributed by atoms with E-state index in [0.29, 0.717) is 43.7 Å². The molecule has 8 heteroatoms. The van der Waals surface area contributed by atoms with E-state index >= 15 is 0 Å². The van der Waals surface area contributed by atoms with E-state index in [2.05, 4.69) is 19.9 Å². The molecule has 0 aliphatic heterocycles. The number of halogens is 3. The third-order valence-corrected chi connectivity index (χ3v) is 5.72. The largest absolute Gasteiger partial charge is 0.337 e. The maximum atomic E-state index is 14.4. The Balaban J connectivity index is 1.74.